The van der Waals surface area contributed by atoms with Gasteiger partial charge in [0.2, 0.25) is 0 Å². The summed E-state index contributed by atoms with van der Waals surface area (Å²) in [6, 6.07) is -0.480. The van der Waals surface area contributed by atoms with Gasteiger partial charge in [0.15, 0.2) is 24.2 Å². The summed E-state index contributed by atoms with van der Waals surface area (Å²) < 4.78 is 51.2. The second-order valence-corrected chi connectivity index (χ2v) is 12.7. The van der Waals surface area contributed by atoms with Gasteiger partial charge in [-0.1, -0.05) is 38.5 Å². The number of carbonyl (C=O) groups is 2. The first-order valence-electron chi connectivity index (χ1n) is 17.8. The lowest BCUT2D eigenvalue weighted by atomic mass is 10.1. The van der Waals surface area contributed by atoms with Crippen molar-refractivity contribution in [2.24, 2.45) is 0 Å². The van der Waals surface area contributed by atoms with E-state index in [1.54, 1.807) is 0 Å². The van der Waals surface area contributed by atoms with Gasteiger partial charge >= 0.3 is 0 Å². The van der Waals surface area contributed by atoms with Gasteiger partial charge in [0.25, 0.3) is 11.8 Å². The summed E-state index contributed by atoms with van der Waals surface area (Å²) in [4.78, 5) is 24.5. The van der Waals surface area contributed by atoms with Crippen molar-refractivity contribution in [2.75, 3.05) is 26.4 Å². The van der Waals surface area contributed by atoms with Gasteiger partial charge in [-0.25, -0.2) is 8.78 Å². The van der Waals surface area contributed by atoms with Crippen molar-refractivity contribution in [1.29, 1.82) is 0 Å². The zero-order valence-electron chi connectivity index (χ0n) is 27.3. The van der Waals surface area contributed by atoms with Crippen LogP contribution >= 0.6 is 0 Å². The smallest absolute Gasteiger partial charge is 0.279 e. The van der Waals surface area contributed by atoms with E-state index in [0.717, 1.165) is 103 Å². The van der Waals surface area contributed by atoms with E-state index in [0.29, 0.717) is 45.3 Å². The molecule has 2 amide bonds. The average Bonchev–Trinajstić information content (AvgIpc) is 3.50. The molecule has 3 rings (SSSR count). The van der Waals surface area contributed by atoms with Crippen LogP contribution in [0, 0.1) is 0 Å². The number of halogens is 2. The predicted octanol–water partition coefficient (Wildman–Crippen LogP) is 7.61. The topological polar surface area (TPSA) is 95.1 Å². The third-order valence-corrected chi connectivity index (χ3v) is 8.76. The zero-order valence-corrected chi connectivity index (χ0v) is 27.3. The van der Waals surface area contributed by atoms with Crippen molar-refractivity contribution in [3.8, 4) is 0 Å². The molecule has 0 spiro atoms. The number of hydrogen-bond donors (Lipinski definition) is 2. The van der Waals surface area contributed by atoms with Crippen LogP contribution in [0.25, 0.3) is 0 Å². The molecule has 1 saturated carbocycles. The maximum absolute atomic E-state index is 14.3. The quantitative estimate of drug-likeness (QED) is 0.0934. The lowest BCUT2D eigenvalue weighted by Gasteiger charge is -2.22. The Labute approximate surface area is 269 Å². The Hall–Kier alpha value is -1.88. The first-order chi connectivity index (χ1) is 22.0. The third kappa shape index (κ3) is 17.0. The Balaban J connectivity index is 1.14. The van der Waals surface area contributed by atoms with Crippen LogP contribution in [0.1, 0.15) is 135 Å². The van der Waals surface area contributed by atoms with Gasteiger partial charge in [0, 0.05) is 38.5 Å². The van der Waals surface area contributed by atoms with Crippen LogP contribution in [0.5, 0.6) is 0 Å². The Kier molecular flexibility index (Phi) is 19.6. The number of ether oxygens (including phenoxy) is 4. The Morgan fingerprint density at radius 2 is 1.02 bits per heavy atom. The Morgan fingerprint density at radius 3 is 1.44 bits per heavy atom. The second kappa shape index (κ2) is 23.4. The first-order valence-corrected chi connectivity index (χ1v) is 17.8. The summed E-state index contributed by atoms with van der Waals surface area (Å²) in [5.74, 6) is -2.96. The number of unbranched alkanes of at least 4 members (excludes halogenated alkanes) is 10. The summed E-state index contributed by atoms with van der Waals surface area (Å²) in [7, 11) is 0. The largest absolute Gasteiger partial charge is 0.353 e. The highest BCUT2D eigenvalue weighted by atomic mass is 19.1. The van der Waals surface area contributed by atoms with Crippen molar-refractivity contribution in [3.63, 3.8) is 0 Å². The summed E-state index contributed by atoms with van der Waals surface area (Å²) in [6.45, 7) is 3.01. The molecule has 8 nitrogen and oxygen atoms in total. The molecule has 4 atom stereocenters. The molecule has 2 heterocycles. The van der Waals surface area contributed by atoms with Gasteiger partial charge in [0.05, 0.1) is 0 Å². The molecule has 258 valence electrons. The summed E-state index contributed by atoms with van der Waals surface area (Å²) in [5.41, 5.74) is 0. The monoisotopic (exact) mass is 640 g/mol. The van der Waals surface area contributed by atoms with E-state index in [2.05, 4.69) is 10.6 Å². The molecule has 2 saturated heterocycles. The Bertz CT molecular complexity index is 819. The Morgan fingerprint density at radius 1 is 0.600 bits per heavy atom. The lowest BCUT2D eigenvalue weighted by molar-refractivity contribution is -0.163. The maximum Gasteiger partial charge on any atom is 0.279 e. The fourth-order valence-corrected chi connectivity index (χ4v) is 6.06. The van der Waals surface area contributed by atoms with E-state index >= 15 is 0 Å². The molecule has 1 aliphatic carbocycles. The molecule has 0 bridgehead atoms. The fraction of sp³-hybridized carbons (Fsp3) is 0.829. The van der Waals surface area contributed by atoms with Crippen molar-refractivity contribution < 1.29 is 37.3 Å². The fourth-order valence-electron chi connectivity index (χ4n) is 6.06. The number of amides is 2. The molecule has 0 radical (unpaired) electrons. The number of nitrogens with one attached hydrogen (secondary N) is 2. The standard InChI is InChI=1S/C35H58F2N2O6/c36-30(17-9-5-1-3-7-13-23-42-32-19-11-15-25-44-32)34(40)38-28-21-22-29(27-28)39-35(41)31(37)18-10-6-2-4-8-14-24-43-33-20-12-16-26-45-33/h17-18,28-29,32-33H,1-16,19-27H2,(H,38,40)(H,39,41)/b30-17-,31-18-/t28-,29+,32?,33?. The molecule has 2 N–H and O–H groups in total. The van der Waals surface area contributed by atoms with Gasteiger partial charge < -0.3 is 29.6 Å². The molecule has 0 aromatic heterocycles. The summed E-state index contributed by atoms with van der Waals surface area (Å²) in [6.07, 6.45) is 21.7. The minimum absolute atomic E-state index is 0.0360. The van der Waals surface area contributed by atoms with E-state index in [9.17, 15) is 18.4 Å². The van der Waals surface area contributed by atoms with E-state index in [4.69, 9.17) is 18.9 Å². The molecule has 10 heteroatoms. The van der Waals surface area contributed by atoms with Crippen LogP contribution in [0.15, 0.2) is 23.8 Å². The molecule has 2 aliphatic heterocycles. The summed E-state index contributed by atoms with van der Waals surface area (Å²) in [5, 5.41) is 5.43. The normalized spacial score (nSPS) is 24.5. The maximum atomic E-state index is 14.3. The van der Waals surface area contributed by atoms with E-state index in [1.807, 2.05) is 0 Å². The molecule has 3 aliphatic rings. The second-order valence-electron chi connectivity index (χ2n) is 12.7. The van der Waals surface area contributed by atoms with Crippen molar-refractivity contribution >= 4 is 11.8 Å². The van der Waals surface area contributed by atoms with E-state index in [1.165, 1.54) is 25.0 Å². The van der Waals surface area contributed by atoms with Crippen LogP contribution in [0.4, 0.5) is 8.78 Å². The summed E-state index contributed by atoms with van der Waals surface area (Å²) >= 11 is 0. The molecule has 0 aromatic rings. The SMILES string of the molecule is O=C(N[C@@H]1CC[C@H](NC(=O)/C(F)=C/CCCCCCCOC2CCCCO2)C1)/C(F)=C/CCCCCCCOC1CCCCO1. The molecule has 45 heavy (non-hydrogen) atoms. The molecule has 0 aromatic carbocycles. The van der Waals surface area contributed by atoms with E-state index in [-0.39, 0.29) is 24.7 Å². The minimum Gasteiger partial charge on any atom is -0.353 e. The first kappa shape index (κ1) is 37.6. The number of hydrogen-bond acceptors (Lipinski definition) is 6. The molecule has 2 unspecified atom stereocenters. The zero-order chi connectivity index (χ0) is 32.0. The molecular formula is C35H58F2N2O6. The van der Waals surface area contributed by atoms with Gasteiger partial charge in [-0.05, 0) is 108 Å². The van der Waals surface area contributed by atoms with Crippen LogP contribution in [-0.4, -0.2) is 62.9 Å². The van der Waals surface area contributed by atoms with Gasteiger partial charge in [-0.15, -0.1) is 0 Å². The van der Waals surface area contributed by atoms with Gasteiger partial charge in [0.1, 0.15) is 0 Å². The van der Waals surface area contributed by atoms with Crippen molar-refractivity contribution in [2.45, 2.75) is 160 Å². The van der Waals surface area contributed by atoms with E-state index < -0.39 is 23.5 Å². The highest BCUT2D eigenvalue weighted by Crippen LogP contribution is 2.21. The molecular weight excluding hydrogens is 582 g/mol. The van der Waals surface area contributed by atoms with Crippen molar-refractivity contribution in [3.05, 3.63) is 23.8 Å². The van der Waals surface area contributed by atoms with Gasteiger partial charge in [-0.3, -0.25) is 9.59 Å². The highest BCUT2D eigenvalue weighted by Gasteiger charge is 2.28. The highest BCUT2D eigenvalue weighted by molar-refractivity contribution is 5.92. The van der Waals surface area contributed by atoms with Crippen LogP contribution < -0.4 is 10.6 Å². The van der Waals surface area contributed by atoms with Crippen LogP contribution in [0.3, 0.4) is 0 Å². The minimum atomic E-state index is -0.764. The number of rotatable bonds is 22. The van der Waals surface area contributed by atoms with Crippen LogP contribution in [-0.2, 0) is 28.5 Å². The van der Waals surface area contributed by atoms with Crippen molar-refractivity contribution in [1.82, 2.24) is 10.6 Å². The average molecular weight is 641 g/mol. The van der Waals surface area contributed by atoms with Crippen LogP contribution in [0.2, 0.25) is 0 Å². The lowest BCUT2D eigenvalue weighted by Crippen LogP contribution is -2.37. The predicted molar refractivity (Wildman–Crippen MR) is 171 cm³/mol. The van der Waals surface area contributed by atoms with Gasteiger partial charge in [-0.2, -0.15) is 0 Å². The number of allylic oxidation sites excluding steroid dienone is 2. The molecule has 3 fully saturated rings. The number of carbonyl (C=O) groups excluding carboxylic acids is 2. The third-order valence-electron chi connectivity index (χ3n) is 8.76.